The van der Waals surface area contributed by atoms with Crippen LogP contribution in [0.1, 0.15) is 32.8 Å². The fourth-order valence-electron chi connectivity index (χ4n) is 2.47. The molecule has 1 aromatic rings. The number of carboxylic acid groups (broad SMARTS) is 1. The first-order valence-electron chi connectivity index (χ1n) is 7.57. The molecule has 0 saturated heterocycles. The van der Waals surface area contributed by atoms with E-state index < -0.39 is 5.97 Å². The molecule has 0 saturated carbocycles. The third-order valence-electron chi connectivity index (χ3n) is 3.69. The van der Waals surface area contributed by atoms with E-state index in [0.29, 0.717) is 25.1 Å². The van der Waals surface area contributed by atoms with Crippen molar-refractivity contribution in [3.8, 4) is 5.75 Å². The van der Waals surface area contributed by atoms with Crippen molar-refractivity contribution in [2.45, 2.75) is 39.7 Å². The summed E-state index contributed by atoms with van der Waals surface area (Å²) in [5.41, 5.74) is 1.25. The summed E-state index contributed by atoms with van der Waals surface area (Å²) in [5.74, 6) is 0.613. The van der Waals surface area contributed by atoms with Crippen molar-refractivity contribution in [2.24, 2.45) is 5.92 Å². The highest BCUT2D eigenvalue weighted by Crippen LogP contribution is 2.18. The molecule has 0 aromatic heterocycles. The lowest BCUT2D eigenvalue weighted by Gasteiger charge is -2.31. The zero-order valence-corrected chi connectivity index (χ0v) is 13.5. The predicted octanol–water partition coefficient (Wildman–Crippen LogP) is 3.06. The molecule has 4 heteroatoms. The van der Waals surface area contributed by atoms with Gasteiger partial charge in [-0.05, 0) is 44.0 Å². The van der Waals surface area contributed by atoms with Gasteiger partial charge in [-0.1, -0.05) is 26.0 Å². The van der Waals surface area contributed by atoms with Crippen LogP contribution in [0.3, 0.4) is 0 Å². The Morgan fingerprint density at radius 1 is 1.29 bits per heavy atom. The Morgan fingerprint density at radius 2 is 1.90 bits per heavy atom. The molecule has 0 aliphatic rings. The van der Waals surface area contributed by atoms with Crippen molar-refractivity contribution in [3.63, 3.8) is 0 Å². The van der Waals surface area contributed by atoms with Crippen LogP contribution in [0.5, 0.6) is 5.75 Å². The zero-order valence-electron chi connectivity index (χ0n) is 13.5. The molecule has 0 radical (unpaired) electrons. The van der Waals surface area contributed by atoms with Crippen LogP contribution in [0.4, 0.5) is 0 Å². The Hall–Kier alpha value is -1.55. The smallest absolute Gasteiger partial charge is 0.304 e. The van der Waals surface area contributed by atoms with Crippen molar-refractivity contribution in [3.05, 3.63) is 29.8 Å². The van der Waals surface area contributed by atoms with Crippen LogP contribution in [-0.4, -0.2) is 42.2 Å². The average molecular weight is 293 g/mol. The zero-order chi connectivity index (χ0) is 15.8. The number of benzene rings is 1. The number of likely N-dealkylation sites (N-methyl/N-ethyl adjacent to an activating group) is 1. The van der Waals surface area contributed by atoms with E-state index in [2.05, 4.69) is 30.9 Å². The Bertz CT molecular complexity index is 428. The van der Waals surface area contributed by atoms with Gasteiger partial charge >= 0.3 is 5.97 Å². The van der Waals surface area contributed by atoms with Crippen LogP contribution in [0.25, 0.3) is 0 Å². The number of ether oxygens (including phenoxy) is 1. The standard InChI is InChI=1S/C17H27NO3/c1-5-21-15-8-6-14(7-9-15)12-16(13(2)3)18(4)11-10-17(19)20/h6-9,13,16H,5,10-12H2,1-4H3,(H,19,20). The average Bonchev–Trinajstić information content (AvgIpc) is 2.44. The minimum atomic E-state index is -0.745. The number of carboxylic acids is 1. The van der Waals surface area contributed by atoms with Crippen molar-refractivity contribution in [1.29, 1.82) is 0 Å². The summed E-state index contributed by atoms with van der Waals surface area (Å²) in [7, 11) is 2.00. The molecule has 0 spiro atoms. The largest absolute Gasteiger partial charge is 0.494 e. The molecule has 1 aromatic carbocycles. The molecular formula is C17H27NO3. The molecule has 0 aliphatic heterocycles. The number of nitrogens with zero attached hydrogens (tertiary/aromatic N) is 1. The number of carbonyl (C=O) groups is 1. The Kier molecular flexibility index (Phi) is 7.23. The molecule has 1 atom stereocenters. The molecule has 0 aliphatic carbocycles. The van der Waals surface area contributed by atoms with E-state index >= 15 is 0 Å². The van der Waals surface area contributed by atoms with E-state index in [4.69, 9.17) is 9.84 Å². The van der Waals surface area contributed by atoms with Gasteiger partial charge in [-0.25, -0.2) is 0 Å². The summed E-state index contributed by atoms with van der Waals surface area (Å²) >= 11 is 0. The van der Waals surface area contributed by atoms with Gasteiger partial charge in [-0.3, -0.25) is 4.79 Å². The van der Waals surface area contributed by atoms with Gasteiger partial charge in [0, 0.05) is 12.6 Å². The topological polar surface area (TPSA) is 49.8 Å². The maximum absolute atomic E-state index is 10.7. The molecule has 1 rings (SSSR count). The van der Waals surface area contributed by atoms with Gasteiger partial charge in [0.05, 0.1) is 13.0 Å². The van der Waals surface area contributed by atoms with Crippen LogP contribution in [0, 0.1) is 5.92 Å². The monoisotopic (exact) mass is 293 g/mol. The fourth-order valence-corrected chi connectivity index (χ4v) is 2.47. The van der Waals surface area contributed by atoms with Crippen LogP contribution in [-0.2, 0) is 11.2 Å². The molecule has 0 fully saturated rings. The normalized spacial score (nSPS) is 12.7. The van der Waals surface area contributed by atoms with Crippen LogP contribution >= 0.6 is 0 Å². The fraction of sp³-hybridized carbons (Fsp3) is 0.588. The Labute approximate surface area is 127 Å². The molecule has 21 heavy (non-hydrogen) atoms. The molecule has 1 unspecified atom stereocenters. The summed E-state index contributed by atoms with van der Waals surface area (Å²) in [5, 5.41) is 8.81. The third-order valence-corrected chi connectivity index (χ3v) is 3.69. The highest BCUT2D eigenvalue weighted by molar-refractivity contribution is 5.66. The van der Waals surface area contributed by atoms with Gasteiger partial charge < -0.3 is 14.7 Å². The van der Waals surface area contributed by atoms with Crippen molar-refractivity contribution < 1.29 is 14.6 Å². The predicted molar refractivity (Wildman–Crippen MR) is 84.8 cm³/mol. The molecule has 1 N–H and O–H groups in total. The minimum absolute atomic E-state index is 0.184. The van der Waals surface area contributed by atoms with Gasteiger partial charge in [0.15, 0.2) is 0 Å². The van der Waals surface area contributed by atoms with Gasteiger partial charge in [0.2, 0.25) is 0 Å². The summed E-state index contributed by atoms with van der Waals surface area (Å²) < 4.78 is 5.45. The lowest BCUT2D eigenvalue weighted by Crippen LogP contribution is -2.38. The lowest BCUT2D eigenvalue weighted by molar-refractivity contribution is -0.137. The van der Waals surface area contributed by atoms with Crippen molar-refractivity contribution in [1.82, 2.24) is 4.90 Å². The van der Waals surface area contributed by atoms with E-state index in [9.17, 15) is 4.79 Å². The highest BCUT2D eigenvalue weighted by atomic mass is 16.5. The summed E-state index contributed by atoms with van der Waals surface area (Å²) in [6.45, 7) is 7.58. The number of hydrogen-bond acceptors (Lipinski definition) is 3. The van der Waals surface area contributed by atoms with E-state index in [1.54, 1.807) is 0 Å². The molecule has 0 heterocycles. The molecular weight excluding hydrogens is 266 g/mol. The Morgan fingerprint density at radius 3 is 2.38 bits per heavy atom. The van der Waals surface area contributed by atoms with Crippen molar-refractivity contribution >= 4 is 5.97 Å². The van der Waals surface area contributed by atoms with Crippen molar-refractivity contribution in [2.75, 3.05) is 20.2 Å². The first-order valence-corrected chi connectivity index (χ1v) is 7.57. The molecule has 118 valence electrons. The van der Waals surface area contributed by atoms with Gasteiger partial charge in [0.1, 0.15) is 5.75 Å². The van der Waals surface area contributed by atoms with Gasteiger partial charge in [-0.15, -0.1) is 0 Å². The molecule has 4 nitrogen and oxygen atoms in total. The van der Waals surface area contributed by atoms with Crippen LogP contribution < -0.4 is 4.74 Å². The quantitative estimate of drug-likeness (QED) is 0.760. The first kappa shape index (κ1) is 17.5. The maximum Gasteiger partial charge on any atom is 0.304 e. The number of rotatable bonds is 9. The third kappa shape index (κ3) is 6.17. The number of hydrogen-bond donors (Lipinski definition) is 1. The highest BCUT2D eigenvalue weighted by Gasteiger charge is 2.19. The van der Waals surface area contributed by atoms with E-state index in [1.165, 1.54) is 5.56 Å². The SMILES string of the molecule is CCOc1ccc(CC(C(C)C)N(C)CCC(=O)O)cc1. The van der Waals surface area contributed by atoms with Gasteiger partial charge in [0.25, 0.3) is 0 Å². The maximum atomic E-state index is 10.7. The summed E-state index contributed by atoms with van der Waals surface area (Å²) in [4.78, 5) is 12.9. The van der Waals surface area contributed by atoms with Crippen LogP contribution in [0.15, 0.2) is 24.3 Å². The summed E-state index contributed by atoms with van der Waals surface area (Å²) in [6, 6.07) is 8.50. The lowest BCUT2D eigenvalue weighted by atomic mass is 9.95. The first-order chi connectivity index (χ1) is 9.93. The Balaban J connectivity index is 2.66. The van der Waals surface area contributed by atoms with Crippen LogP contribution in [0.2, 0.25) is 0 Å². The summed E-state index contributed by atoms with van der Waals surface area (Å²) in [6.07, 6.45) is 1.10. The van der Waals surface area contributed by atoms with E-state index in [-0.39, 0.29) is 6.42 Å². The van der Waals surface area contributed by atoms with E-state index in [1.807, 2.05) is 26.1 Å². The molecule has 0 amide bonds. The second-order valence-electron chi connectivity index (χ2n) is 5.72. The van der Waals surface area contributed by atoms with Gasteiger partial charge in [-0.2, -0.15) is 0 Å². The number of aliphatic carboxylic acids is 1. The molecule has 0 bridgehead atoms. The second kappa shape index (κ2) is 8.67. The minimum Gasteiger partial charge on any atom is -0.494 e. The van der Waals surface area contributed by atoms with E-state index in [0.717, 1.165) is 12.2 Å². The second-order valence-corrected chi connectivity index (χ2v) is 5.72.